The first-order chi connectivity index (χ1) is 8.61. The zero-order valence-electron chi connectivity index (χ0n) is 10.5. The molecular formula is C12H17N3O3. The number of nitro groups is 1. The third kappa shape index (κ3) is 2.60. The van der Waals surface area contributed by atoms with Crippen molar-refractivity contribution in [1.29, 1.82) is 0 Å². The number of benzene rings is 1. The Morgan fingerprint density at radius 2 is 2.28 bits per heavy atom. The van der Waals surface area contributed by atoms with Gasteiger partial charge in [-0.05, 0) is 19.1 Å². The minimum Gasteiger partial charge on any atom is -0.378 e. The van der Waals surface area contributed by atoms with Gasteiger partial charge in [0, 0.05) is 37.5 Å². The number of ether oxygens (including phenoxy) is 1. The van der Waals surface area contributed by atoms with E-state index in [1.165, 1.54) is 6.07 Å². The SMILES string of the molecule is CO[C@H]1CNCC1Nc1ccc([N+](=O)[O-])c(C)c1. The molecule has 0 bridgehead atoms. The van der Waals surface area contributed by atoms with Crippen LogP contribution >= 0.6 is 0 Å². The Balaban J connectivity index is 2.10. The number of rotatable bonds is 4. The van der Waals surface area contributed by atoms with E-state index in [4.69, 9.17) is 4.74 Å². The topological polar surface area (TPSA) is 76.4 Å². The molecule has 2 N–H and O–H groups in total. The molecule has 0 aliphatic carbocycles. The summed E-state index contributed by atoms with van der Waals surface area (Å²) in [5.74, 6) is 0. The normalized spacial score (nSPS) is 23.0. The van der Waals surface area contributed by atoms with Gasteiger partial charge in [0.05, 0.1) is 17.1 Å². The Kier molecular flexibility index (Phi) is 3.78. The van der Waals surface area contributed by atoms with Crippen molar-refractivity contribution in [2.45, 2.75) is 19.1 Å². The van der Waals surface area contributed by atoms with Crippen LogP contribution in [0.3, 0.4) is 0 Å². The van der Waals surface area contributed by atoms with Gasteiger partial charge in [0.15, 0.2) is 0 Å². The van der Waals surface area contributed by atoms with Gasteiger partial charge in [-0.1, -0.05) is 0 Å². The number of nitrogens with zero attached hydrogens (tertiary/aromatic N) is 1. The molecule has 0 amide bonds. The van der Waals surface area contributed by atoms with Gasteiger partial charge in [-0.15, -0.1) is 0 Å². The number of hydrogen-bond donors (Lipinski definition) is 2. The molecule has 1 aromatic carbocycles. The number of nitrogens with one attached hydrogen (secondary N) is 2. The molecule has 6 nitrogen and oxygen atoms in total. The molecule has 1 saturated heterocycles. The molecule has 1 aliphatic heterocycles. The Bertz CT molecular complexity index is 450. The molecule has 0 radical (unpaired) electrons. The Hall–Kier alpha value is -1.66. The van der Waals surface area contributed by atoms with E-state index in [2.05, 4.69) is 10.6 Å². The molecule has 0 aromatic heterocycles. The van der Waals surface area contributed by atoms with Crippen LogP contribution in [0.1, 0.15) is 5.56 Å². The summed E-state index contributed by atoms with van der Waals surface area (Å²) in [6.45, 7) is 3.39. The molecule has 1 fully saturated rings. The van der Waals surface area contributed by atoms with Gasteiger partial charge >= 0.3 is 0 Å². The van der Waals surface area contributed by atoms with Crippen molar-refractivity contribution in [3.05, 3.63) is 33.9 Å². The lowest BCUT2D eigenvalue weighted by atomic mass is 10.1. The predicted molar refractivity (Wildman–Crippen MR) is 68.9 cm³/mol. The fourth-order valence-corrected chi connectivity index (χ4v) is 2.21. The number of nitro benzene ring substituents is 1. The predicted octanol–water partition coefficient (Wildman–Crippen LogP) is 1.30. The van der Waals surface area contributed by atoms with Gasteiger partial charge in [-0.2, -0.15) is 0 Å². The van der Waals surface area contributed by atoms with Crippen molar-refractivity contribution in [2.75, 3.05) is 25.5 Å². The smallest absolute Gasteiger partial charge is 0.272 e. The third-order valence-corrected chi connectivity index (χ3v) is 3.21. The van der Waals surface area contributed by atoms with E-state index in [0.29, 0.717) is 5.56 Å². The quantitative estimate of drug-likeness (QED) is 0.623. The van der Waals surface area contributed by atoms with Crippen LogP contribution in [0.15, 0.2) is 18.2 Å². The van der Waals surface area contributed by atoms with Crippen LogP contribution in [0.25, 0.3) is 0 Å². The summed E-state index contributed by atoms with van der Waals surface area (Å²) in [5, 5.41) is 17.3. The van der Waals surface area contributed by atoms with Crippen LogP contribution in [0.4, 0.5) is 11.4 Å². The second-order valence-corrected chi connectivity index (χ2v) is 4.44. The minimum absolute atomic E-state index is 0.125. The fraction of sp³-hybridized carbons (Fsp3) is 0.500. The summed E-state index contributed by atoms with van der Waals surface area (Å²) >= 11 is 0. The summed E-state index contributed by atoms with van der Waals surface area (Å²) in [6, 6.07) is 5.25. The molecule has 18 heavy (non-hydrogen) atoms. The monoisotopic (exact) mass is 251 g/mol. The number of aryl methyl sites for hydroxylation is 1. The van der Waals surface area contributed by atoms with Gasteiger partial charge in [0.1, 0.15) is 0 Å². The summed E-state index contributed by atoms with van der Waals surface area (Å²) < 4.78 is 5.35. The van der Waals surface area contributed by atoms with Crippen LogP contribution in [-0.2, 0) is 4.74 Å². The molecule has 6 heteroatoms. The van der Waals surface area contributed by atoms with Gasteiger partial charge in [-0.3, -0.25) is 10.1 Å². The van der Waals surface area contributed by atoms with Crippen LogP contribution in [0.2, 0.25) is 0 Å². The summed E-state index contributed by atoms with van der Waals surface area (Å²) in [7, 11) is 1.69. The molecule has 0 saturated carbocycles. The Labute approximate surface area is 105 Å². The van der Waals surface area contributed by atoms with Crippen LogP contribution in [0, 0.1) is 17.0 Å². The first-order valence-electron chi connectivity index (χ1n) is 5.87. The van der Waals surface area contributed by atoms with Crippen molar-refractivity contribution in [3.63, 3.8) is 0 Å². The lowest BCUT2D eigenvalue weighted by molar-refractivity contribution is -0.385. The molecule has 2 atom stereocenters. The van der Waals surface area contributed by atoms with Gasteiger partial charge in [0.25, 0.3) is 5.69 Å². The number of hydrogen-bond acceptors (Lipinski definition) is 5. The molecular weight excluding hydrogens is 234 g/mol. The van der Waals surface area contributed by atoms with Gasteiger partial charge in [0.2, 0.25) is 0 Å². The van der Waals surface area contributed by atoms with Crippen LogP contribution in [0.5, 0.6) is 0 Å². The highest BCUT2D eigenvalue weighted by Gasteiger charge is 2.26. The van der Waals surface area contributed by atoms with Crippen molar-refractivity contribution < 1.29 is 9.66 Å². The maximum Gasteiger partial charge on any atom is 0.272 e. The van der Waals surface area contributed by atoms with Crippen LogP contribution < -0.4 is 10.6 Å². The van der Waals surface area contributed by atoms with E-state index in [9.17, 15) is 10.1 Å². The lowest BCUT2D eigenvalue weighted by Gasteiger charge is -2.19. The maximum absolute atomic E-state index is 10.7. The molecule has 98 valence electrons. The van der Waals surface area contributed by atoms with Gasteiger partial charge < -0.3 is 15.4 Å². The highest BCUT2D eigenvalue weighted by Crippen LogP contribution is 2.22. The van der Waals surface area contributed by atoms with Crippen molar-refractivity contribution >= 4 is 11.4 Å². The Morgan fingerprint density at radius 1 is 1.50 bits per heavy atom. The summed E-state index contributed by atoms with van der Waals surface area (Å²) in [6.07, 6.45) is 0.125. The number of anilines is 1. The summed E-state index contributed by atoms with van der Waals surface area (Å²) in [5.41, 5.74) is 1.69. The van der Waals surface area contributed by atoms with Gasteiger partial charge in [-0.25, -0.2) is 0 Å². The molecule has 1 heterocycles. The second-order valence-electron chi connectivity index (χ2n) is 4.44. The zero-order valence-corrected chi connectivity index (χ0v) is 10.5. The van der Waals surface area contributed by atoms with E-state index in [0.717, 1.165) is 18.8 Å². The van der Waals surface area contributed by atoms with Crippen molar-refractivity contribution in [3.8, 4) is 0 Å². The van der Waals surface area contributed by atoms with E-state index in [1.54, 1.807) is 26.2 Å². The first-order valence-corrected chi connectivity index (χ1v) is 5.87. The molecule has 1 aliphatic rings. The first kappa shape index (κ1) is 12.8. The van der Waals surface area contributed by atoms with E-state index >= 15 is 0 Å². The third-order valence-electron chi connectivity index (χ3n) is 3.21. The number of methoxy groups -OCH3 is 1. The molecule has 1 unspecified atom stereocenters. The van der Waals surface area contributed by atoms with E-state index < -0.39 is 0 Å². The van der Waals surface area contributed by atoms with Crippen molar-refractivity contribution in [2.24, 2.45) is 0 Å². The Morgan fingerprint density at radius 3 is 2.89 bits per heavy atom. The zero-order chi connectivity index (χ0) is 13.1. The largest absolute Gasteiger partial charge is 0.378 e. The highest BCUT2D eigenvalue weighted by molar-refractivity contribution is 5.54. The van der Waals surface area contributed by atoms with E-state index in [-0.39, 0.29) is 22.8 Å². The molecule has 1 aromatic rings. The van der Waals surface area contributed by atoms with Crippen molar-refractivity contribution in [1.82, 2.24) is 5.32 Å². The minimum atomic E-state index is -0.367. The molecule has 2 rings (SSSR count). The summed E-state index contributed by atoms with van der Waals surface area (Å²) in [4.78, 5) is 10.4. The molecule has 0 spiro atoms. The van der Waals surface area contributed by atoms with E-state index in [1.807, 2.05) is 0 Å². The average Bonchev–Trinajstić information content (AvgIpc) is 2.76. The second kappa shape index (κ2) is 5.32. The van der Waals surface area contributed by atoms with Crippen LogP contribution in [-0.4, -0.2) is 37.3 Å². The standard InChI is InChI=1S/C12H17N3O3/c1-8-5-9(3-4-11(8)15(16)17)14-10-6-13-7-12(10)18-2/h3-5,10,12-14H,6-7H2,1-2H3/t10?,12-/m0/s1. The maximum atomic E-state index is 10.7. The average molecular weight is 251 g/mol. The highest BCUT2D eigenvalue weighted by atomic mass is 16.6. The lowest BCUT2D eigenvalue weighted by Crippen LogP contribution is -2.33. The fourth-order valence-electron chi connectivity index (χ4n) is 2.21.